The molecule has 2 fully saturated rings. The zero-order chi connectivity index (χ0) is 17.8. The highest BCUT2D eigenvalue weighted by Crippen LogP contribution is 2.42. The van der Waals surface area contributed by atoms with E-state index in [1.165, 1.54) is 31.3 Å². The number of ether oxygens (including phenoxy) is 1. The van der Waals surface area contributed by atoms with Crippen molar-refractivity contribution >= 4 is 0 Å². The van der Waals surface area contributed by atoms with Gasteiger partial charge in [0.15, 0.2) is 0 Å². The second kappa shape index (κ2) is 8.85. The first kappa shape index (κ1) is 19.2. The van der Waals surface area contributed by atoms with Gasteiger partial charge in [0.1, 0.15) is 6.17 Å². The van der Waals surface area contributed by atoms with E-state index in [1.54, 1.807) is 7.11 Å². The van der Waals surface area contributed by atoms with Gasteiger partial charge in [0.2, 0.25) is 0 Å². The van der Waals surface area contributed by atoms with Gasteiger partial charge in [0.05, 0.1) is 12.1 Å². The predicted octanol–water partition coefficient (Wildman–Crippen LogP) is 4.14. The van der Waals surface area contributed by atoms with Gasteiger partial charge in [-0.15, -0.1) is 0 Å². The zero-order valence-corrected chi connectivity index (χ0v) is 16.3. The van der Waals surface area contributed by atoms with E-state index >= 15 is 0 Å². The maximum Gasteiger partial charge on any atom is 0.121 e. The van der Waals surface area contributed by atoms with Gasteiger partial charge in [-0.1, -0.05) is 26.2 Å². The molecule has 0 aromatic carbocycles. The monoisotopic (exact) mass is 352 g/mol. The Kier molecular flexibility index (Phi) is 6.79. The average molecular weight is 353 g/mol. The van der Waals surface area contributed by atoms with Crippen molar-refractivity contribution in [1.29, 1.82) is 0 Å². The van der Waals surface area contributed by atoms with Crippen LogP contribution in [0.25, 0.3) is 0 Å². The number of fused-ring (bicyclic) bond motifs is 1. The third-order valence-electron chi connectivity index (χ3n) is 6.96. The topological polar surface area (TPSA) is 24.5 Å². The fourth-order valence-corrected chi connectivity index (χ4v) is 5.39. The molecule has 0 aromatic heterocycles. The Morgan fingerprint density at radius 3 is 2.76 bits per heavy atom. The molecule has 6 atom stereocenters. The minimum Gasteiger partial charge on any atom is -0.381 e. The summed E-state index contributed by atoms with van der Waals surface area (Å²) >= 11 is 0. The summed E-state index contributed by atoms with van der Waals surface area (Å²) < 4.78 is 20.3. The van der Waals surface area contributed by atoms with Crippen molar-refractivity contribution in [2.75, 3.05) is 26.7 Å². The van der Waals surface area contributed by atoms with Crippen LogP contribution in [0, 0.1) is 17.8 Å². The van der Waals surface area contributed by atoms with Gasteiger partial charge in [0, 0.05) is 19.6 Å². The lowest BCUT2D eigenvalue weighted by Crippen LogP contribution is -2.49. The fourth-order valence-electron chi connectivity index (χ4n) is 5.39. The van der Waals surface area contributed by atoms with Crippen LogP contribution in [0.2, 0.25) is 0 Å². The number of nitrogens with zero attached hydrogens (tertiary/aromatic N) is 1. The second-order valence-electron chi connectivity index (χ2n) is 8.39. The summed E-state index contributed by atoms with van der Waals surface area (Å²) in [6.45, 7) is 7.56. The predicted molar refractivity (Wildman–Crippen MR) is 101 cm³/mol. The molecule has 6 unspecified atom stereocenters. The van der Waals surface area contributed by atoms with Crippen LogP contribution in [-0.4, -0.2) is 50.0 Å². The summed E-state index contributed by atoms with van der Waals surface area (Å²) in [7, 11) is 1.79. The van der Waals surface area contributed by atoms with Crippen LogP contribution in [0.4, 0.5) is 4.39 Å². The molecule has 3 rings (SSSR count). The van der Waals surface area contributed by atoms with Crippen molar-refractivity contribution in [1.82, 2.24) is 10.2 Å². The van der Waals surface area contributed by atoms with E-state index in [0.29, 0.717) is 6.42 Å². The van der Waals surface area contributed by atoms with Crippen molar-refractivity contribution in [3.63, 3.8) is 0 Å². The Balaban J connectivity index is 1.53. The molecule has 0 radical (unpaired) electrons. The van der Waals surface area contributed by atoms with Gasteiger partial charge < -0.3 is 15.0 Å². The summed E-state index contributed by atoms with van der Waals surface area (Å²) in [6, 6.07) is -0.00272. The third-order valence-corrected chi connectivity index (χ3v) is 6.96. The van der Waals surface area contributed by atoms with E-state index in [0.717, 1.165) is 44.3 Å². The van der Waals surface area contributed by atoms with Crippen LogP contribution in [0.5, 0.6) is 0 Å². The summed E-state index contributed by atoms with van der Waals surface area (Å²) in [5.74, 6) is 1.93. The smallest absolute Gasteiger partial charge is 0.121 e. The van der Waals surface area contributed by atoms with E-state index in [1.807, 2.05) is 0 Å². The van der Waals surface area contributed by atoms with Crippen LogP contribution < -0.4 is 5.32 Å². The van der Waals surface area contributed by atoms with Crippen LogP contribution in [-0.2, 0) is 4.74 Å². The first-order valence-electron chi connectivity index (χ1n) is 10.5. The van der Waals surface area contributed by atoms with Gasteiger partial charge in [-0.05, 0) is 69.3 Å². The molecule has 1 N–H and O–H groups in total. The SMILES string of the molecule is CCN1C=C(CCNCC2CCCCC2C)C2C(OC)CCC(F)C21. The Bertz CT molecular complexity index is 455. The lowest BCUT2D eigenvalue weighted by Gasteiger charge is -2.40. The maximum absolute atomic E-state index is 14.6. The highest BCUT2D eigenvalue weighted by Gasteiger charge is 2.47. The number of halogens is 1. The molecule has 0 amide bonds. The zero-order valence-electron chi connectivity index (χ0n) is 16.3. The van der Waals surface area contributed by atoms with Crippen molar-refractivity contribution in [2.45, 2.75) is 77.1 Å². The Hall–Kier alpha value is -0.610. The quantitative estimate of drug-likeness (QED) is 0.697. The molecule has 0 saturated heterocycles. The largest absolute Gasteiger partial charge is 0.381 e. The fraction of sp³-hybridized carbons (Fsp3) is 0.905. The van der Waals surface area contributed by atoms with Crippen LogP contribution in [0.3, 0.4) is 0 Å². The number of hydrogen-bond donors (Lipinski definition) is 1. The minimum absolute atomic E-state index is 0.00272. The third kappa shape index (κ3) is 4.21. The van der Waals surface area contributed by atoms with E-state index in [9.17, 15) is 4.39 Å². The number of hydrogen-bond acceptors (Lipinski definition) is 3. The van der Waals surface area contributed by atoms with Crippen molar-refractivity contribution in [3.05, 3.63) is 11.8 Å². The van der Waals surface area contributed by atoms with Crippen molar-refractivity contribution < 1.29 is 9.13 Å². The molecule has 3 nitrogen and oxygen atoms in total. The average Bonchev–Trinajstić information content (AvgIpc) is 3.00. The lowest BCUT2D eigenvalue weighted by molar-refractivity contribution is -0.0218. The van der Waals surface area contributed by atoms with Gasteiger partial charge in [-0.2, -0.15) is 0 Å². The Morgan fingerprint density at radius 2 is 2.04 bits per heavy atom. The summed E-state index contributed by atoms with van der Waals surface area (Å²) in [6.07, 6.45) is 9.76. The molecule has 4 heteroatoms. The molecule has 2 saturated carbocycles. The molecule has 3 aliphatic rings. The van der Waals surface area contributed by atoms with E-state index < -0.39 is 6.17 Å². The van der Waals surface area contributed by atoms with Gasteiger partial charge >= 0.3 is 0 Å². The van der Waals surface area contributed by atoms with Crippen LogP contribution in [0.15, 0.2) is 11.8 Å². The number of nitrogens with one attached hydrogen (secondary N) is 1. The standard InChI is InChI=1S/C21H37FN2O/c1-4-24-14-17(20-19(25-3)10-9-18(22)21(20)24)11-12-23-13-16-8-6-5-7-15(16)2/h14-16,18-21,23H,4-13H2,1-3H3. The summed E-state index contributed by atoms with van der Waals surface area (Å²) in [5, 5.41) is 3.69. The first-order valence-corrected chi connectivity index (χ1v) is 10.5. The first-order chi connectivity index (χ1) is 12.2. The number of rotatable bonds is 7. The molecule has 2 aliphatic carbocycles. The Morgan fingerprint density at radius 1 is 1.24 bits per heavy atom. The minimum atomic E-state index is -0.721. The van der Waals surface area contributed by atoms with Crippen LogP contribution in [0.1, 0.15) is 58.8 Å². The maximum atomic E-state index is 14.6. The molecule has 1 heterocycles. The Labute approximate surface area is 153 Å². The summed E-state index contributed by atoms with van der Waals surface area (Å²) in [4.78, 5) is 2.22. The molecular formula is C21H37FN2O. The number of methoxy groups -OCH3 is 1. The lowest BCUT2D eigenvalue weighted by atomic mass is 9.77. The highest BCUT2D eigenvalue weighted by atomic mass is 19.1. The second-order valence-corrected chi connectivity index (χ2v) is 8.39. The van der Waals surface area contributed by atoms with Gasteiger partial charge in [-0.25, -0.2) is 4.39 Å². The molecule has 25 heavy (non-hydrogen) atoms. The van der Waals surface area contributed by atoms with Gasteiger partial charge in [0.25, 0.3) is 0 Å². The van der Waals surface area contributed by atoms with Crippen LogP contribution >= 0.6 is 0 Å². The molecular weight excluding hydrogens is 315 g/mol. The highest BCUT2D eigenvalue weighted by molar-refractivity contribution is 5.22. The molecule has 1 aliphatic heterocycles. The normalized spacial score (nSPS) is 38.6. The molecule has 0 spiro atoms. The van der Waals surface area contributed by atoms with Crippen molar-refractivity contribution in [2.24, 2.45) is 17.8 Å². The number of alkyl halides is 1. The van der Waals surface area contributed by atoms with E-state index in [-0.39, 0.29) is 18.1 Å². The van der Waals surface area contributed by atoms with E-state index in [4.69, 9.17) is 4.74 Å². The summed E-state index contributed by atoms with van der Waals surface area (Å²) in [5.41, 5.74) is 1.39. The molecule has 144 valence electrons. The van der Waals surface area contributed by atoms with Crippen molar-refractivity contribution in [3.8, 4) is 0 Å². The van der Waals surface area contributed by atoms with Gasteiger partial charge in [-0.3, -0.25) is 0 Å². The van der Waals surface area contributed by atoms with E-state index in [2.05, 4.69) is 30.3 Å². The molecule has 0 bridgehead atoms. The molecule has 0 aromatic rings.